The van der Waals surface area contributed by atoms with Gasteiger partial charge in [0.25, 0.3) is 0 Å². The summed E-state index contributed by atoms with van der Waals surface area (Å²) in [7, 11) is 0. The van der Waals surface area contributed by atoms with Crippen LogP contribution in [0.1, 0.15) is 19.3 Å². The SMILES string of the molecule is CSC1(CNc2cccc3ccccc23)CCC1. The van der Waals surface area contributed by atoms with Crippen LogP contribution in [0.25, 0.3) is 10.8 Å². The average molecular weight is 257 g/mol. The number of nitrogens with one attached hydrogen (secondary N) is 1. The Kier molecular flexibility index (Phi) is 3.21. The fourth-order valence-corrected chi connectivity index (χ4v) is 3.57. The minimum absolute atomic E-state index is 0.483. The zero-order chi connectivity index (χ0) is 12.4. The normalized spacial score (nSPS) is 17.4. The molecule has 0 aromatic heterocycles. The summed E-state index contributed by atoms with van der Waals surface area (Å²) in [6.45, 7) is 1.09. The van der Waals surface area contributed by atoms with Crippen LogP contribution in [0.2, 0.25) is 0 Å². The zero-order valence-corrected chi connectivity index (χ0v) is 11.6. The fraction of sp³-hybridized carbons (Fsp3) is 0.375. The number of anilines is 1. The van der Waals surface area contributed by atoms with Gasteiger partial charge < -0.3 is 5.32 Å². The van der Waals surface area contributed by atoms with Gasteiger partial charge in [0.05, 0.1) is 0 Å². The van der Waals surface area contributed by atoms with Crippen molar-refractivity contribution >= 4 is 28.2 Å². The first-order chi connectivity index (χ1) is 8.83. The summed E-state index contributed by atoms with van der Waals surface area (Å²) in [5, 5.41) is 6.30. The van der Waals surface area contributed by atoms with E-state index < -0.39 is 0 Å². The number of benzene rings is 2. The molecular weight excluding hydrogens is 238 g/mol. The second-order valence-corrected chi connectivity index (χ2v) is 6.40. The van der Waals surface area contributed by atoms with Crippen LogP contribution in [0.3, 0.4) is 0 Å². The van der Waals surface area contributed by atoms with E-state index in [-0.39, 0.29) is 0 Å². The van der Waals surface area contributed by atoms with E-state index in [1.54, 1.807) is 0 Å². The second kappa shape index (κ2) is 4.85. The Morgan fingerprint density at radius 2 is 1.89 bits per heavy atom. The lowest BCUT2D eigenvalue weighted by Crippen LogP contribution is -2.40. The summed E-state index contributed by atoms with van der Waals surface area (Å²) in [6, 6.07) is 15.1. The third kappa shape index (κ3) is 2.10. The predicted molar refractivity (Wildman–Crippen MR) is 82.5 cm³/mol. The Morgan fingerprint density at radius 1 is 1.11 bits per heavy atom. The van der Waals surface area contributed by atoms with Crippen molar-refractivity contribution in [1.82, 2.24) is 0 Å². The lowest BCUT2D eigenvalue weighted by atomic mass is 9.84. The van der Waals surface area contributed by atoms with Gasteiger partial charge in [-0.15, -0.1) is 0 Å². The predicted octanol–water partition coefficient (Wildman–Crippen LogP) is 4.54. The van der Waals surface area contributed by atoms with Gasteiger partial charge in [0.15, 0.2) is 0 Å². The van der Waals surface area contributed by atoms with Crippen LogP contribution in [-0.2, 0) is 0 Å². The van der Waals surface area contributed by atoms with Gasteiger partial charge in [-0.2, -0.15) is 11.8 Å². The smallest absolute Gasteiger partial charge is 0.0420 e. The van der Waals surface area contributed by atoms with Crippen LogP contribution in [0.4, 0.5) is 5.69 Å². The molecule has 2 aromatic rings. The molecule has 2 heteroatoms. The van der Waals surface area contributed by atoms with Crippen molar-refractivity contribution in [3.63, 3.8) is 0 Å². The Morgan fingerprint density at radius 3 is 2.61 bits per heavy atom. The van der Waals surface area contributed by atoms with Crippen molar-refractivity contribution < 1.29 is 0 Å². The van der Waals surface area contributed by atoms with Crippen LogP contribution >= 0.6 is 11.8 Å². The zero-order valence-electron chi connectivity index (χ0n) is 10.8. The number of fused-ring (bicyclic) bond motifs is 1. The number of rotatable bonds is 4. The summed E-state index contributed by atoms with van der Waals surface area (Å²) in [5.41, 5.74) is 1.27. The Hall–Kier alpha value is -1.15. The molecule has 0 saturated heterocycles. The van der Waals surface area contributed by atoms with Crippen LogP contribution in [0.5, 0.6) is 0 Å². The lowest BCUT2D eigenvalue weighted by Gasteiger charge is -2.40. The van der Waals surface area contributed by atoms with Crippen molar-refractivity contribution in [2.24, 2.45) is 0 Å². The fourth-order valence-electron chi connectivity index (χ4n) is 2.66. The van der Waals surface area contributed by atoms with E-state index >= 15 is 0 Å². The maximum absolute atomic E-state index is 3.66. The standard InChI is InChI=1S/C16H19NS/c1-18-16(10-5-11-16)12-17-15-9-4-7-13-6-2-3-8-14(13)15/h2-4,6-9,17H,5,10-12H2,1H3. The van der Waals surface area contributed by atoms with E-state index in [1.165, 1.54) is 35.7 Å². The first-order valence-electron chi connectivity index (χ1n) is 6.60. The monoisotopic (exact) mass is 257 g/mol. The maximum atomic E-state index is 3.66. The molecule has 1 fully saturated rings. The minimum Gasteiger partial charge on any atom is -0.383 e. The van der Waals surface area contributed by atoms with E-state index in [0.717, 1.165) is 6.54 Å². The van der Waals surface area contributed by atoms with Crippen molar-refractivity contribution in [3.05, 3.63) is 42.5 Å². The van der Waals surface area contributed by atoms with Crippen molar-refractivity contribution in [1.29, 1.82) is 0 Å². The van der Waals surface area contributed by atoms with Crippen molar-refractivity contribution in [3.8, 4) is 0 Å². The topological polar surface area (TPSA) is 12.0 Å². The van der Waals surface area contributed by atoms with E-state index in [9.17, 15) is 0 Å². The number of hydrogen-bond acceptors (Lipinski definition) is 2. The molecular formula is C16H19NS. The average Bonchev–Trinajstić information content (AvgIpc) is 2.38. The lowest BCUT2D eigenvalue weighted by molar-refractivity contribution is 0.380. The summed E-state index contributed by atoms with van der Waals surface area (Å²) >= 11 is 2.02. The second-order valence-electron chi connectivity index (χ2n) is 5.12. The van der Waals surface area contributed by atoms with Gasteiger partial charge >= 0.3 is 0 Å². The summed E-state index contributed by atoms with van der Waals surface area (Å²) in [5.74, 6) is 0. The molecule has 0 amide bonds. The molecule has 1 aliphatic carbocycles. The van der Waals surface area contributed by atoms with Crippen LogP contribution in [0, 0.1) is 0 Å². The molecule has 1 saturated carbocycles. The third-order valence-electron chi connectivity index (χ3n) is 4.09. The largest absolute Gasteiger partial charge is 0.383 e. The molecule has 94 valence electrons. The van der Waals surface area contributed by atoms with Crippen LogP contribution in [-0.4, -0.2) is 17.5 Å². The van der Waals surface area contributed by atoms with Gasteiger partial charge in [-0.25, -0.2) is 0 Å². The first kappa shape index (κ1) is 11.9. The molecule has 0 unspecified atom stereocenters. The third-order valence-corrected chi connectivity index (χ3v) is 5.51. The van der Waals surface area contributed by atoms with E-state index in [1.807, 2.05) is 11.8 Å². The Bertz CT molecular complexity index is 535. The molecule has 3 rings (SSSR count). The van der Waals surface area contributed by atoms with Crippen molar-refractivity contribution in [2.45, 2.75) is 24.0 Å². The van der Waals surface area contributed by atoms with Gasteiger partial charge in [-0.3, -0.25) is 0 Å². The Labute approximate surface area is 113 Å². The highest BCUT2D eigenvalue weighted by atomic mass is 32.2. The molecule has 0 radical (unpaired) electrons. The van der Waals surface area contributed by atoms with Crippen molar-refractivity contribution in [2.75, 3.05) is 18.1 Å². The van der Waals surface area contributed by atoms with Crippen LogP contribution < -0.4 is 5.32 Å². The molecule has 0 atom stereocenters. The summed E-state index contributed by atoms with van der Waals surface area (Å²) in [6.07, 6.45) is 6.33. The Balaban J connectivity index is 1.82. The van der Waals surface area contributed by atoms with E-state index in [4.69, 9.17) is 0 Å². The first-order valence-corrected chi connectivity index (χ1v) is 7.82. The molecule has 2 aromatic carbocycles. The molecule has 18 heavy (non-hydrogen) atoms. The molecule has 0 spiro atoms. The highest BCUT2D eigenvalue weighted by Crippen LogP contribution is 2.43. The molecule has 1 N–H and O–H groups in total. The van der Waals surface area contributed by atoms with Crippen LogP contribution in [0.15, 0.2) is 42.5 Å². The van der Waals surface area contributed by atoms with E-state index in [0.29, 0.717) is 4.75 Å². The van der Waals surface area contributed by atoms with Gasteiger partial charge in [0, 0.05) is 22.4 Å². The summed E-state index contributed by atoms with van der Waals surface area (Å²) < 4.78 is 0.483. The highest BCUT2D eigenvalue weighted by Gasteiger charge is 2.35. The molecule has 0 aliphatic heterocycles. The molecule has 0 bridgehead atoms. The van der Waals surface area contributed by atoms with Gasteiger partial charge in [0.2, 0.25) is 0 Å². The van der Waals surface area contributed by atoms with Gasteiger partial charge in [-0.05, 0) is 30.6 Å². The quantitative estimate of drug-likeness (QED) is 0.863. The maximum Gasteiger partial charge on any atom is 0.0420 e. The summed E-state index contributed by atoms with van der Waals surface area (Å²) in [4.78, 5) is 0. The molecule has 1 nitrogen and oxygen atoms in total. The minimum atomic E-state index is 0.483. The highest BCUT2D eigenvalue weighted by molar-refractivity contribution is 8.00. The molecule has 0 heterocycles. The number of hydrogen-bond donors (Lipinski definition) is 1. The van der Waals surface area contributed by atoms with Gasteiger partial charge in [0.1, 0.15) is 0 Å². The van der Waals surface area contributed by atoms with E-state index in [2.05, 4.69) is 54.0 Å². The molecule has 1 aliphatic rings. The van der Waals surface area contributed by atoms with Gasteiger partial charge in [-0.1, -0.05) is 42.8 Å². The number of thioether (sulfide) groups is 1.